The van der Waals surface area contributed by atoms with E-state index in [0.717, 1.165) is 0 Å². The highest BCUT2D eigenvalue weighted by molar-refractivity contribution is 6.30. The summed E-state index contributed by atoms with van der Waals surface area (Å²) in [6.45, 7) is 0.806. The van der Waals surface area contributed by atoms with E-state index in [1.54, 1.807) is 41.2 Å². The molecular formula is C30H24ClF2N5O3. The van der Waals surface area contributed by atoms with Gasteiger partial charge in [-0.15, -0.1) is 0 Å². The Labute approximate surface area is 239 Å². The van der Waals surface area contributed by atoms with Gasteiger partial charge in [0.25, 0.3) is 0 Å². The van der Waals surface area contributed by atoms with Gasteiger partial charge >= 0.3 is 0 Å². The lowest BCUT2D eigenvalue weighted by Gasteiger charge is -2.24. The van der Waals surface area contributed by atoms with E-state index in [1.807, 2.05) is 0 Å². The van der Waals surface area contributed by atoms with Crippen molar-refractivity contribution in [3.8, 4) is 11.8 Å². The van der Waals surface area contributed by atoms with Gasteiger partial charge in [0.2, 0.25) is 11.8 Å². The summed E-state index contributed by atoms with van der Waals surface area (Å²) in [5, 5.41) is 3.12. The van der Waals surface area contributed by atoms with Crippen LogP contribution in [-0.4, -0.2) is 55.8 Å². The Morgan fingerprint density at radius 2 is 2.00 bits per heavy atom. The molecule has 41 heavy (non-hydrogen) atoms. The molecule has 0 unspecified atom stereocenters. The predicted octanol–water partition coefficient (Wildman–Crippen LogP) is 4.08. The summed E-state index contributed by atoms with van der Waals surface area (Å²) >= 11 is 5.80. The molecule has 2 aromatic heterocycles. The molecule has 0 bridgehead atoms. The molecule has 3 heterocycles. The van der Waals surface area contributed by atoms with Crippen molar-refractivity contribution in [3.63, 3.8) is 0 Å². The van der Waals surface area contributed by atoms with Crippen LogP contribution in [0.25, 0.3) is 10.9 Å². The number of ketones is 1. The fourth-order valence-corrected chi connectivity index (χ4v) is 5.01. The lowest BCUT2D eigenvalue weighted by Crippen LogP contribution is -2.46. The standard InChI is InChI=1S/C30H24ClF2N5O3/c1-18(39)24-16-37(26-8-6-19(11-23(24)26)5-7-22-14-34-9-10-35-22)17-28(40)38-15-21(32)12-27(38)30(41)36-13-20-3-2-4-25(31)29(20)33/h2-4,6,8-11,14,16,21,27H,12-13,15,17H2,1H3,(H,36,41)/t21-,27+/m1/s1. The molecule has 0 spiro atoms. The Morgan fingerprint density at radius 1 is 1.17 bits per heavy atom. The first-order valence-corrected chi connectivity index (χ1v) is 13.1. The fourth-order valence-electron chi connectivity index (χ4n) is 4.82. The molecule has 1 N–H and O–H groups in total. The Hall–Kier alpha value is -4.62. The molecule has 208 valence electrons. The van der Waals surface area contributed by atoms with E-state index >= 15 is 0 Å². The number of halogens is 3. The first-order chi connectivity index (χ1) is 19.7. The van der Waals surface area contributed by atoms with Crippen LogP contribution in [0.15, 0.2) is 61.2 Å². The third-order valence-electron chi connectivity index (χ3n) is 6.82. The van der Waals surface area contributed by atoms with Gasteiger partial charge in [-0.05, 0) is 37.1 Å². The number of likely N-dealkylation sites (tertiary alicyclic amines) is 1. The van der Waals surface area contributed by atoms with Crippen LogP contribution in [0.5, 0.6) is 0 Å². The van der Waals surface area contributed by atoms with Gasteiger partial charge in [0, 0.05) is 59.1 Å². The normalized spacial score (nSPS) is 16.3. The Bertz CT molecular complexity index is 1710. The van der Waals surface area contributed by atoms with Gasteiger partial charge in [-0.25, -0.2) is 13.8 Å². The number of amides is 2. The minimum atomic E-state index is -1.39. The third kappa shape index (κ3) is 6.10. The molecule has 1 aliphatic rings. The number of alkyl halides is 1. The summed E-state index contributed by atoms with van der Waals surface area (Å²) in [7, 11) is 0. The van der Waals surface area contributed by atoms with E-state index < -0.39 is 29.8 Å². The zero-order chi connectivity index (χ0) is 29.1. The molecule has 1 fully saturated rings. The molecule has 11 heteroatoms. The maximum atomic E-state index is 14.4. The van der Waals surface area contributed by atoms with Gasteiger partial charge in [0.05, 0.1) is 17.8 Å². The summed E-state index contributed by atoms with van der Waals surface area (Å²) in [5.41, 5.74) is 2.33. The largest absolute Gasteiger partial charge is 0.350 e. The first-order valence-electron chi connectivity index (χ1n) is 12.8. The summed E-state index contributed by atoms with van der Waals surface area (Å²) < 4.78 is 30.3. The highest BCUT2D eigenvalue weighted by Crippen LogP contribution is 2.26. The van der Waals surface area contributed by atoms with Crippen molar-refractivity contribution >= 4 is 40.1 Å². The van der Waals surface area contributed by atoms with E-state index in [-0.39, 0.29) is 42.4 Å². The molecule has 5 rings (SSSR count). The molecule has 1 saturated heterocycles. The molecule has 8 nitrogen and oxygen atoms in total. The number of carbonyl (C=O) groups is 3. The van der Waals surface area contributed by atoms with Crippen molar-refractivity contribution in [2.45, 2.75) is 38.6 Å². The Balaban J connectivity index is 1.35. The van der Waals surface area contributed by atoms with Crippen LogP contribution in [0.1, 0.15) is 40.5 Å². The van der Waals surface area contributed by atoms with Crippen molar-refractivity contribution in [2.24, 2.45) is 0 Å². The lowest BCUT2D eigenvalue weighted by atomic mass is 10.1. The lowest BCUT2D eigenvalue weighted by molar-refractivity contribution is -0.139. The number of rotatable bonds is 6. The number of hydrogen-bond acceptors (Lipinski definition) is 5. The van der Waals surface area contributed by atoms with Crippen molar-refractivity contribution in [1.29, 1.82) is 0 Å². The molecule has 1 aliphatic heterocycles. The third-order valence-corrected chi connectivity index (χ3v) is 7.11. The van der Waals surface area contributed by atoms with Gasteiger partial charge in [0.15, 0.2) is 5.78 Å². The first kappa shape index (κ1) is 27.9. The van der Waals surface area contributed by atoms with Crippen molar-refractivity contribution < 1.29 is 23.2 Å². The summed E-state index contributed by atoms with van der Waals surface area (Å²) in [6, 6.07) is 8.64. The minimum Gasteiger partial charge on any atom is -0.350 e. The smallest absolute Gasteiger partial charge is 0.243 e. The molecule has 0 radical (unpaired) electrons. The summed E-state index contributed by atoms with van der Waals surface area (Å²) in [4.78, 5) is 48.0. The molecule has 0 aliphatic carbocycles. The van der Waals surface area contributed by atoms with Crippen LogP contribution >= 0.6 is 11.6 Å². The predicted molar refractivity (Wildman–Crippen MR) is 148 cm³/mol. The van der Waals surface area contributed by atoms with E-state index in [0.29, 0.717) is 27.7 Å². The molecule has 0 saturated carbocycles. The van der Waals surface area contributed by atoms with E-state index in [1.165, 1.54) is 36.4 Å². The number of hydrogen-bond donors (Lipinski definition) is 1. The quantitative estimate of drug-likeness (QED) is 0.276. The van der Waals surface area contributed by atoms with Gasteiger partial charge in [-0.1, -0.05) is 29.7 Å². The van der Waals surface area contributed by atoms with Gasteiger partial charge in [-0.3, -0.25) is 19.4 Å². The number of Topliss-reactive ketones (excluding diaryl/α,β-unsaturated/α-hetero) is 1. The van der Waals surface area contributed by atoms with Gasteiger partial charge in [-0.2, -0.15) is 0 Å². The highest BCUT2D eigenvalue weighted by atomic mass is 35.5. The Kier molecular flexibility index (Phi) is 8.08. The topological polar surface area (TPSA) is 97.2 Å². The number of carbonyl (C=O) groups excluding carboxylic acids is 3. The van der Waals surface area contributed by atoms with Crippen LogP contribution in [-0.2, 0) is 22.7 Å². The van der Waals surface area contributed by atoms with Crippen molar-refractivity contribution in [2.75, 3.05) is 6.54 Å². The number of aromatic nitrogens is 3. The van der Waals surface area contributed by atoms with Gasteiger partial charge in [0.1, 0.15) is 30.3 Å². The van der Waals surface area contributed by atoms with Crippen molar-refractivity contribution in [1.82, 2.24) is 24.8 Å². The number of fused-ring (bicyclic) bond motifs is 1. The maximum Gasteiger partial charge on any atom is 0.243 e. The minimum absolute atomic E-state index is 0.0770. The van der Waals surface area contributed by atoms with E-state index in [2.05, 4.69) is 27.1 Å². The van der Waals surface area contributed by atoms with Crippen LogP contribution in [0.4, 0.5) is 8.78 Å². The second-order valence-corrected chi connectivity index (χ2v) is 10.0. The molecule has 2 aromatic carbocycles. The second-order valence-electron chi connectivity index (χ2n) is 9.63. The maximum absolute atomic E-state index is 14.4. The number of benzene rings is 2. The van der Waals surface area contributed by atoms with E-state index in [4.69, 9.17) is 11.6 Å². The fraction of sp³-hybridized carbons (Fsp3) is 0.233. The molecule has 2 amide bonds. The van der Waals surface area contributed by atoms with Crippen LogP contribution < -0.4 is 5.32 Å². The van der Waals surface area contributed by atoms with Crippen LogP contribution in [0.3, 0.4) is 0 Å². The monoisotopic (exact) mass is 575 g/mol. The average Bonchev–Trinajstić information content (AvgIpc) is 3.53. The Morgan fingerprint density at radius 3 is 2.76 bits per heavy atom. The molecular weight excluding hydrogens is 552 g/mol. The van der Waals surface area contributed by atoms with Crippen LogP contribution in [0.2, 0.25) is 5.02 Å². The number of nitrogens with zero attached hydrogens (tertiary/aromatic N) is 4. The number of nitrogens with one attached hydrogen (secondary N) is 1. The summed E-state index contributed by atoms with van der Waals surface area (Å²) in [5.74, 6) is 3.99. The molecule has 2 atom stereocenters. The highest BCUT2D eigenvalue weighted by Gasteiger charge is 2.39. The van der Waals surface area contributed by atoms with Gasteiger partial charge < -0.3 is 14.8 Å². The van der Waals surface area contributed by atoms with Crippen molar-refractivity contribution in [3.05, 3.63) is 94.4 Å². The SMILES string of the molecule is CC(=O)c1cn(CC(=O)N2C[C@H](F)C[C@H]2C(=O)NCc2cccc(Cl)c2F)c2ccc(C#Cc3cnccn3)cc12. The molecule has 4 aromatic rings. The zero-order valence-electron chi connectivity index (χ0n) is 21.9. The van der Waals surface area contributed by atoms with E-state index in [9.17, 15) is 23.2 Å². The summed E-state index contributed by atoms with van der Waals surface area (Å²) in [6.07, 6.45) is 4.64. The zero-order valence-corrected chi connectivity index (χ0v) is 22.7. The second kappa shape index (κ2) is 11.9. The van der Waals surface area contributed by atoms with Crippen LogP contribution in [0, 0.1) is 17.7 Å². The average molecular weight is 576 g/mol.